The number of fused-ring (bicyclic) bond motifs is 1. The summed E-state index contributed by atoms with van der Waals surface area (Å²) in [6.45, 7) is 2.66. The fraction of sp³-hybridized carbons (Fsp3) is 0.211. The van der Waals surface area contributed by atoms with Gasteiger partial charge in [0.05, 0.1) is 0 Å². The molecule has 0 spiro atoms. The lowest BCUT2D eigenvalue weighted by molar-refractivity contribution is 0.0740. The van der Waals surface area contributed by atoms with Crippen molar-refractivity contribution in [3.8, 4) is 5.75 Å². The Morgan fingerprint density at radius 3 is 2.72 bits per heavy atom. The van der Waals surface area contributed by atoms with Crippen molar-refractivity contribution >= 4 is 11.6 Å². The van der Waals surface area contributed by atoms with Crippen molar-refractivity contribution < 1.29 is 9.90 Å². The molecule has 2 aromatic heterocycles. The smallest absolute Gasteiger partial charge is 0.270 e. The van der Waals surface area contributed by atoms with E-state index in [2.05, 4.69) is 4.98 Å². The first-order valence-electron chi connectivity index (χ1n) is 8.14. The topological polar surface area (TPSA) is 74.9 Å². The van der Waals surface area contributed by atoms with E-state index in [9.17, 15) is 14.7 Å². The van der Waals surface area contributed by atoms with Crippen LogP contribution in [0.5, 0.6) is 5.75 Å². The summed E-state index contributed by atoms with van der Waals surface area (Å²) >= 11 is 0. The van der Waals surface area contributed by atoms with Gasteiger partial charge in [-0.1, -0.05) is 31.2 Å². The van der Waals surface area contributed by atoms with Crippen LogP contribution < -0.4 is 5.56 Å². The van der Waals surface area contributed by atoms with E-state index >= 15 is 0 Å². The highest BCUT2D eigenvalue weighted by Crippen LogP contribution is 2.18. The van der Waals surface area contributed by atoms with Gasteiger partial charge in [-0.25, -0.2) is 4.98 Å². The zero-order chi connectivity index (χ0) is 17.8. The van der Waals surface area contributed by atoms with Crippen LogP contribution in [-0.2, 0) is 6.54 Å². The molecule has 0 aliphatic carbocycles. The Morgan fingerprint density at radius 1 is 1.20 bits per heavy atom. The largest absolute Gasteiger partial charge is 0.508 e. The molecule has 1 aromatic carbocycles. The first kappa shape index (κ1) is 16.7. The van der Waals surface area contributed by atoms with Gasteiger partial charge in [-0.2, -0.15) is 0 Å². The van der Waals surface area contributed by atoms with Crippen molar-refractivity contribution in [2.75, 3.05) is 6.54 Å². The van der Waals surface area contributed by atoms with Crippen LogP contribution >= 0.6 is 0 Å². The summed E-state index contributed by atoms with van der Waals surface area (Å²) in [5.41, 5.74) is 0.756. The molecular formula is C19H19N3O3. The molecule has 0 atom stereocenters. The van der Waals surface area contributed by atoms with E-state index in [1.54, 1.807) is 53.6 Å². The molecule has 128 valence electrons. The Bertz CT molecular complexity index is 965. The zero-order valence-electron chi connectivity index (χ0n) is 13.9. The number of hydrogen-bond acceptors (Lipinski definition) is 4. The van der Waals surface area contributed by atoms with E-state index in [1.807, 2.05) is 6.92 Å². The monoisotopic (exact) mass is 337 g/mol. The van der Waals surface area contributed by atoms with E-state index in [-0.39, 0.29) is 23.8 Å². The fourth-order valence-electron chi connectivity index (χ4n) is 2.72. The average Bonchev–Trinajstić information content (AvgIpc) is 2.63. The molecule has 6 nitrogen and oxygen atoms in total. The van der Waals surface area contributed by atoms with Gasteiger partial charge in [0.1, 0.15) is 17.0 Å². The maximum atomic E-state index is 12.9. The van der Waals surface area contributed by atoms with Crippen LogP contribution in [0.2, 0.25) is 0 Å². The molecule has 25 heavy (non-hydrogen) atoms. The molecule has 0 fully saturated rings. The zero-order valence-corrected chi connectivity index (χ0v) is 13.9. The summed E-state index contributed by atoms with van der Waals surface area (Å²) in [4.78, 5) is 31.3. The summed E-state index contributed by atoms with van der Waals surface area (Å²) in [5, 5.41) is 9.96. The number of carbonyl (C=O) groups is 1. The van der Waals surface area contributed by atoms with Crippen LogP contribution in [0.4, 0.5) is 0 Å². The molecule has 0 aliphatic heterocycles. The van der Waals surface area contributed by atoms with Gasteiger partial charge in [0, 0.05) is 31.0 Å². The highest BCUT2D eigenvalue weighted by molar-refractivity contribution is 5.93. The number of carbonyl (C=O) groups excluding carboxylic acids is 1. The molecule has 1 N–H and O–H groups in total. The van der Waals surface area contributed by atoms with Gasteiger partial charge in [0.2, 0.25) is 0 Å². The van der Waals surface area contributed by atoms with Crippen LogP contribution in [-0.4, -0.2) is 31.8 Å². The highest BCUT2D eigenvalue weighted by atomic mass is 16.3. The third kappa shape index (κ3) is 3.38. The second-order valence-electron chi connectivity index (χ2n) is 5.76. The molecule has 2 heterocycles. The Morgan fingerprint density at radius 2 is 1.96 bits per heavy atom. The number of amides is 1. The average molecular weight is 337 g/mol. The van der Waals surface area contributed by atoms with Crippen molar-refractivity contribution in [3.63, 3.8) is 0 Å². The van der Waals surface area contributed by atoms with Crippen molar-refractivity contribution in [2.24, 2.45) is 0 Å². The Hall–Kier alpha value is -3.15. The molecule has 0 saturated carbocycles. The number of para-hydroxylation sites is 1. The van der Waals surface area contributed by atoms with Crippen LogP contribution in [0.15, 0.2) is 59.7 Å². The lowest BCUT2D eigenvalue weighted by Gasteiger charge is -2.22. The summed E-state index contributed by atoms with van der Waals surface area (Å²) in [5.74, 6) is -0.259. The Kier molecular flexibility index (Phi) is 4.79. The number of nitrogens with zero attached hydrogens (tertiary/aromatic N) is 3. The minimum Gasteiger partial charge on any atom is -0.508 e. The van der Waals surface area contributed by atoms with Gasteiger partial charge in [0.25, 0.3) is 11.5 Å². The van der Waals surface area contributed by atoms with Crippen molar-refractivity contribution in [2.45, 2.75) is 19.9 Å². The predicted molar refractivity (Wildman–Crippen MR) is 94.6 cm³/mol. The van der Waals surface area contributed by atoms with Gasteiger partial charge in [-0.05, 0) is 24.6 Å². The number of aromatic nitrogens is 2. The molecule has 0 saturated heterocycles. The van der Waals surface area contributed by atoms with Crippen LogP contribution in [0, 0.1) is 0 Å². The van der Waals surface area contributed by atoms with E-state index < -0.39 is 5.56 Å². The molecule has 6 heteroatoms. The van der Waals surface area contributed by atoms with E-state index in [1.165, 1.54) is 10.6 Å². The van der Waals surface area contributed by atoms with Gasteiger partial charge in [-0.3, -0.25) is 14.0 Å². The maximum Gasteiger partial charge on any atom is 0.270 e. The molecule has 3 aromatic rings. The number of phenolic OH excluding ortho intramolecular Hbond substituents is 1. The van der Waals surface area contributed by atoms with E-state index in [0.29, 0.717) is 17.8 Å². The molecular weight excluding hydrogens is 318 g/mol. The highest BCUT2D eigenvalue weighted by Gasteiger charge is 2.20. The Balaban J connectivity index is 1.97. The number of aromatic hydroxyl groups is 1. The molecule has 0 bridgehead atoms. The van der Waals surface area contributed by atoms with Gasteiger partial charge in [-0.15, -0.1) is 0 Å². The normalized spacial score (nSPS) is 10.8. The standard InChI is InChI=1S/C19H19N3O3/c1-2-10-21(13-14-7-3-4-8-16(14)23)18(24)15-12-20-17-9-5-6-11-22(17)19(15)25/h3-9,11-12,23H,2,10,13H2,1H3. The third-order valence-corrected chi connectivity index (χ3v) is 3.98. The number of pyridine rings is 1. The molecule has 3 rings (SSSR count). The number of phenols is 1. The van der Waals surface area contributed by atoms with E-state index in [4.69, 9.17) is 0 Å². The minimum atomic E-state index is -0.394. The Labute approximate surface area is 145 Å². The predicted octanol–water partition coefficient (Wildman–Crippen LogP) is 2.45. The first-order valence-corrected chi connectivity index (χ1v) is 8.14. The lowest BCUT2D eigenvalue weighted by Crippen LogP contribution is -2.36. The summed E-state index contributed by atoms with van der Waals surface area (Å²) in [7, 11) is 0. The molecule has 0 unspecified atom stereocenters. The van der Waals surface area contributed by atoms with Crippen LogP contribution in [0.3, 0.4) is 0 Å². The van der Waals surface area contributed by atoms with Gasteiger partial charge in [0.15, 0.2) is 0 Å². The third-order valence-electron chi connectivity index (χ3n) is 3.98. The summed E-state index contributed by atoms with van der Waals surface area (Å²) in [6.07, 6.45) is 3.66. The second kappa shape index (κ2) is 7.17. The van der Waals surface area contributed by atoms with Crippen molar-refractivity contribution in [1.82, 2.24) is 14.3 Å². The lowest BCUT2D eigenvalue weighted by atomic mass is 10.1. The van der Waals surface area contributed by atoms with E-state index in [0.717, 1.165) is 6.42 Å². The minimum absolute atomic E-state index is 0.0209. The number of rotatable bonds is 5. The van der Waals surface area contributed by atoms with Crippen LogP contribution in [0.25, 0.3) is 5.65 Å². The quantitative estimate of drug-likeness (QED) is 0.776. The van der Waals surface area contributed by atoms with Crippen molar-refractivity contribution in [3.05, 3.63) is 76.3 Å². The van der Waals surface area contributed by atoms with Crippen molar-refractivity contribution in [1.29, 1.82) is 0 Å². The van der Waals surface area contributed by atoms with Gasteiger partial charge < -0.3 is 10.0 Å². The first-order chi connectivity index (χ1) is 12.1. The SMILES string of the molecule is CCCN(Cc1ccccc1O)C(=O)c1cnc2ccccn2c1=O. The van der Waals surface area contributed by atoms with Gasteiger partial charge >= 0.3 is 0 Å². The van der Waals surface area contributed by atoms with Crippen LogP contribution in [0.1, 0.15) is 29.3 Å². The maximum absolute atomic E-state index is 12.9. The molecule has 0 aliphatic rings. The summed E-state index contributed by atoms with van der Waals surface area (Å²) in [6, 6.07) is 12.1. The molecule has 0 radical (unpaired) electrons. The second-order valence-corrected chi connectivity index (χ2v) is 5.76. The molecule has 1 amide bonds. The number of hydrogen-bond donors (Lipinski definition) is 1. The summed E-state index contributed by atoms with van der Waals surface area (Å²) < 4.78 is 1.36. The number of benzene rings is 1. The fourth-order valence-corrected chi connectivity index (χ4v) is 2.72.